The quantitative estimate of drug-likeness (QED) is 0.342. The molecule has 0 aromatic heterocycles. The largest absolute Gasteiger partial charge is 0.416 e. The van der Waals surface area contributed by atoms with Crippen molar-refractivity contribution in [2.45, 2.75) is 70.8 Å². The summed E-state index contributed by atoms with van der Waals surface area (Å²) < 4.78 is 70.1. The summed E-state index contributed by atoms with van der Waals surface area (Å²) in [6, 6.07) is 4.46. The minimum atomic E-state index is -4.41. The lowest BCUT2D eigenvalue weighted by atomic mass is 9.77. The van der Waals surface area contributed by atoms with Crippen molar-refractivity contribution in [2.75, 3.05) is 0 Å². The van der Waals surface area contributed by atoms with Gasteiger partial charge in [0, 0.05) is 0 Å². The van der Waals surface area contributed by atoms with Crippen molar-refractivity contribution in [1.82, 2.24) is 0 Å². The molecule has 1 aliphatic rings. The Kier molecular flexibility index (Phi) is 8.27. The summed E-state index contributed by atoms with van der Waals surface area (Å²) in [5.74, 6) is 0.378. The van der Waals surface area contributed by atoms with Crippen LogP contribution in [-0.4, -0.2) is 12.5 Å². The molecule has 2 rings (SSSR count). The average Bonchev–Trinajstić information content (AvgIpc) is 2.63. The fraction of sp³-hybridized carbons (Fsp3) is 0.619. The molecule has 1 atom stereocenters. The van der Waals surface area contributed by atoms with E-state index in [-0.39, 0.29) is 12.5 Å². The molecule has 27 heavy (non-hydrogen) atoms. The zero-order chi connectivity index (χ0) is 19.9. The predicted molar refractivity (Wildman–Crippen MR) is 95.5 cm³/mol. The van der Waals surface area contributed by atoms with Gasteiger partial charge >= 0.3 is 6.18 Å². The minimum absolute atomic E-state index is 0.103. The molecule has 152 valence electrons. The highest BCUT2D eigenvalue weighted by atomic mass is 19.4. The van der Waals surface area contributed by atoms with Crippen LogP contribution in [0.3, 0.4) is 0 Å². The molecule has 6 heteroatoms. The van der Waals surface area contributed by atoms with E-state index in [4.69, 9.17) is 4.74 Å². The molecule has 0 saturated heterocycles. The van der Waals surface area contributed by atoms with Crippen LogP contribution in [0, 0.1) is 11.8 Å². The maximum absolute atomic E-state index is 13.5. The topological polar surface area (TPSA) is 9.23 Å². The highest BCUT2D eigenvalue weighted by molar-refractivity contribution is 5.24. The van der Waals surface area contributed by atoms with Gasteiger partial charge in [0.2, 0.25) is 0 Å². The molecule has 0 amide bonds. The van der Waals surface area contributed by atoms with Gasteiger partial charge in [-0.2, -0.15) is 13.2 Å². The van der Waals surface area contributed by atoms with E-state index >= 15 is 0 Å². The van der Waals surface area contributed by atoms with Crippen molar-refractivity contribution in [3.8, 4) is 0 Å². The maximum atomic E-state index is 13.5. The molecule has 0 N–H and O–H groups in total. The van der Waals surface area contributed by atoms with Gasteiger partial charge in [-0.1, -0.05) is 37.1 Å². The fourth-order valence-corrected chi connectivity index (χ4v) is 3.70. The molecule has 1 nitrogen and oxygen atoms in total. The normalized spacial score (nSPS) is 22.5. The number of allylic oxidation sites excluding steroid dienone is 2. The molecule has 1 aliphatic carbocycles. The van der Waals surface area contributed by atoms with Gasteiger partial charge in [-0.15, -0.1) is 0 Å². The molecule has 0 bridgehead atoms. The predicted octanol–water partition coefficient (Wildman–Crippen LogP) is 7.02. The van der Waals surface area contributed by atoms with E-state index in [0.29, 0.717) is 24.3 Å². The Morgan fingerprint density at radius 1 is 1.07 bits per heavy atom. The van der Waals surface area contributed by atoms with Crippen molar-refractivity contribution < 1.29 is 26.7 Å². The molecule has 0 radical (unpaired) electrons. The number of ether oxygens (including phenoxy) is 1. The second-order valence-corrected chi connectivity index (χ2v) is 7.23. The van der Waals surface area contributed by atoms with Crippen molar-refractivity contribution in [1.29, 1.82) is 0 Å². The first-order valence-electron chi connectivity index (χ1n) is 9.48. The second kappa shape index (κ2) is 10.2. The molecule has 1 fully saturated rings. The van der Waals surface area contributed by atoms with Crippen LogP contribution in [0.5, 0.6) is 0 Å². The number of halogens is 5. The Hall–Kier alpha value is -1.43. The average molecular weight is 390 g/mol. The van der Waals surface area contributed by atoms with E-state index in [1.807, 2.05) is 13.0 Å². The summed E-state index contributed by atoms with van der Waals surface area (Å²) in [4.78, 5) is 0. The SMILES string of the molecule is C/C=C/CCC1CCC(C(OCc2ccc(C(F)(F)F)cc2)C(F)F)CC1. The smallest absolute Gasteiger partial charge is 0.367 e. The molecular weight excluding hydrogens is 363 g/mol. The highest BCUT2D eigenvalue weighted by Crippen LogP contribution is 2.36. The fourth-order valence-electron chi connectivity index (χ4n) is 3.70. The van der Waals surface area contributed by atoms with E-state index in [1.54, 1.807) is 0 Å². The van der Waals surface area contributed by atoms with Gasteiger partial charge in [-0.05, 0) is 62.1 Å². The zero-order valence-corrected chi connectivity index (χ0v) is 15.5. The summed E-state index contributed by atoms with van der Waals surface area (Å²) in [7, 11) is 0. The maximum Gasteiger partial charge on any atom is 0.416 e. The standard InChI is InChI=1S/C21H27F5O/c1-2-3-4-5-15-6-10-17(11-7-15)19(20(22)23)27-14-16-8-12-18(13-9-16)21(24,25)26/h2-3,8-9,12-13,15,17,19-20H,4-7,10-11,14H2,1H3/b3-2+. The van der Waals surface area contributed by atoms with Crippen LogP contribution in [0.4, 0.5) is 22.0 Å². The molecule has 1 saturated carbocycles. The van der Waals surface area contributed by atoms with Crippen molar-refractivity contribution in [2.24, 2.45) is 11.8 Å². The van der Waals surface area contributed by atoms with Gasteiger partial charge in [-0.3, -0.25) is 0 Å². The monoisotopic (exact) mass is 390 g/mol. The molecule has 1 aromatic rings. The first-order valence-corrected chi connectivity index (χ1v) is 9.48. The van der Waals surface area contributed by atoms with Gasteiger partial charge in [0.05, 0.1) is 12.2 Å². The number of alkyl halides is 5. The molecular formula is C21H27F5O. The first-order chi connectivity index (χ1) is 12.8. The summed E-state index contributed by atoms with van der Waals surface area (Å²) in [5, 5.41) is 0. The third kappa shape index (κ3) is 6.91. The lowest BCUT2D eigenvalue weighted by Gasteiger charge is -2.33. The second-order valence-electron chi connectivity index (χ2n) is 7.23. The van der Waals surface area contributed by atoms with Crippen molar-refractivity contribution in [3.05, 3.63) is 47.5 Å². The van der Waals surface area contributed by atoms with Gasteiger partial charge in [-0.25, -0.2) is 8.78 Å². The van der Waals surface area contributed by atoms with Crippen LogP contribution in [0.15, 0.2) is 36.4 Å². The van der Waals surface area contributed by atoms with Gasteiger partial charge in [0.15, 0.2) is 0 Å². The van der Waals surface area contributed by atoms with E-state index in [0.717, 1.165) is 37.8 Å². The van der Waals surface area contributed by atoms with Gasteiger partial charge < -0.3 is 4.74 Å². The van der Waals surface area contributed by atoms with E-state index in [9.17, 15) is 22.0 Å². The number of hydrogen-bond acceptors (Lipinski definition) is 1. The van der Waals surface area contributed by atoms with E-state index in [1.165, 1.54) is 12.1 Å². The van der Waals surface area contributed by atoms with Gasteiger partial charge in [0.25, 0.3) is 6.43 Å². The Balaban J connectivity index is 1.85. The van der Waals surface area contributed by atoms with Crippen LogP contribution >= 0.6 is 0 Å². The molecule has 0 spiro atoms. The van der Waals surface area contributed by atoms with Gasteiger partial charge in [0.1, 0.15) is 6.10 Å². The third-order valence-corrected chi connectivity index (χ3v) is 5.31. The molecule has 1 unspecified atom stereocenters. The van der Waals surface area contributed by atoms with Crippen LogP contribution < -0.4 is 0 Å². The molecule has 0 heterocycles. The number of rotatable bonds is 8. The van der Waals surface area contributed by atoms with Crippen LogP contribution in [0.1, 0.15) is 56.6 Å². The van der Waals surface area contributed by atoms with Crippen LogP contribution in [0.25, 0.3) is 0 Å². The lowest BCUT2D eigenvalue weighted by molar-refractivity contribution is -0.137. The van der Waals surface area contributed by atoms with E-state index in [2.05, 4.69) is 6.08 Å². The summed E-state index contributed by atoms with van der Waals surface area (Å²) >= 11 is 0. The Labute approximate surface area is 157 Å². The third-order valence-electron chi connectivity index (χ3n) is 5.31. The molecule has 1 aromatic carbocycles. The summed E-state index contributed by atoms with van der Waals surface area (Å²) in [6.45, 7) is 1.88. The summed E-state index contributed by atoms with van der Waals surface area (Å²) in [5.41, 5.74) is -0.290. The lowest BCUT2D eigenvalue weighted by Crippen LogP contribution is -2.34. The summed E-state index contributed by atoms with van der Waals surface area (Å²) in [6.07, 6.45) is 1.37. The van der Waals surface area contributed by atoms with Crippen molar-refractivity contribution >= 4 is 0 Å². The first kappa shape index (κ1) is 21.9. The zero-order valence-electron chi connectivity index (χ0n) is 15.5. The van der Waals surface area contributed by atoms with Crippen molar-refractivity contribution in [3.63, 3.8) is 0 Å². The van der Waals surface area contributed by atoms with Crippen LogP contribution in [0.2, 0.25) is 0 Å². The molecule has 0 aliphatic heterocycles. The van der Waals surface area contributed by atoms with E-state index < -0.39 is 24.3 Å². The van der Waals surface area contributed by atoms with Crippen LogP contribution in [-0.2, 0) is 17.5 Å². The Morgan fingerprint density at radius 3 is 2.22 bits per heavy atom. The number of benzene rings is 1. The Bertz CT molecular complexity index is 571. The highest BCUT2D eigenvalue weighted by Gasteiger charge is 2.34. The Morgan fingerprint density at radius 2 is 1.70 bits per heavy atom. The minimum Gasteiger partial charge on any atom is -0.367 e. The number of hydrogen-bond donors (Lipinski definition) is 0.